The summed E-state index contributed by atoms with van der Waals surface area (Å²) < 4.78 is 15.4. The van der Waals surface area contributed by atoms with E-state index in [-0.39, 0.29) is 18.9 Å². The molecule has 2 aromatic rings. The molecule has 0 unspecified atom stereocenters. The first-order valence-electron chi connectivity index (χ1n) is 8.85. The maximum absolute atomic E-state index is 11.9. The summed E-state index contributed by atoms with van der Waals surface area (Å²) >= 11 is 0. The molecule has 0 fully saturated rings. The fourth-order valence-electron chi connectivity index (χ4n) is 2.63. The van der Waals surface area contributed by atoms with Crippen molar-refractivity contribution in [2.45, 2.75) is 12.8 Å². The van der Waals surface area contributed by atoms with Crippen molar-refractivity contribution in [3.05, 3.63) is 52.6 Å². The van der Waals surface area contributed by atoms with E-state index < -0.39 is 23.4 Å². The lowest BCUT2D eigenvalue weighted by Gasteiger charge is -2.08. The number of benzene rings is 2. The Balaban J connectivity index is 1.35. The van der Waals surface area contributed by atoms with Gasteiger partial charge in [-0.05, 0) is 24.6 Å². The molecular formula is C19H19N3O7. The molecule has 1 amide bonds. The molecule has 2 aromatic carbocycles. The monoisotopic (exact) mass is 401 g/mol. The number of nitro groups is 1. The summed E-state index contributed by atoms with van der Waals surface area (Å²) in [4.78, 5) is 34.1. The lowest BCUT2D eigenvalue weighted by atomic mass is 10.2. The highest BCUT2D eigenvalue weighted by Crippen LogP contribution is 2.34. The summed E-state index contributed by atoms with van der Waals surface area (Å²) in [7, 11) is 0. The maximum Gasteiger partial charge on any atom is 0.306 e. The Kier molecular flexibility index (Phi) is 6.46. The van der Waals surface area contributed by atoms with Crippen molar-refractivity contribution >= 4 is 28.9 Å². The average Bonchev–Trinajstić information content (AvgIpc) is 3.17. The van der Waals surface area contributed by atoms with Crippen LogP contribution in [0.4, 0.5) is 17.1 Å². The predicted molar refractivity (Wildman–Crippen MR) is 103 cm³/mol. The zero-order valence-electron chi connectivity index (χ0n) is 15.4. The van der Waals surface area contributed by atoms with E-state index in [9.17, 15) is 19.7 Å². The number of carbonyl (C=O) groups excluding carboxylic acids is 2. The molecule has 2 N–H and O–H groups in total. The van der Waals surface area contributed by atoms with Crippen LogP contribution < -0.4 is 20.1 Å². The first-order chi connectivity index (χ1) is 14.0. The molecule has 0 saturated carbocycles. The van der Waals surface area contributed by atoms with Gasteiger partial charge < -0.3 is 24.8 Å². The van der Waals surface area contributed by atoms with Crippen molar-refractivity contribution in [1.29, 1.82) is 0 Å². The van der Waals surface area contributed by atoms with E-state index in [1.165, 1.54) is 6.07 Å². The van der Waals surface area contributed by atoms with Gasteiger partial charge in [-0.1, -0.05) is 12.1 Å². The van der Waals surface area contributed by atoms with Gasteiger partial charge in [-0.3, -0.25) is 19.7 Å². The van der Waals surface area contributed by atoms with Crippen molar-refractivity contribution in [3.8, 4) is 11.5 Å². The predicted octanol–water partition coefficient (Wildman–Crippen LogP) is 2.70. The maximum atomic E-state index is 11.9. The van der Waals surface area contributed by atoms with E-state index in [1.807, 2.05) is 0 Å². The number of rotatable bonds is 9. The molecule has 0 aliphatic carbocycles. The minimum absolute atomic E-state index is 0.0322. The normalized spacial score (nSPS) is 11.6. The van der Waals surface area contributed by atoms with Crippen LogP contribution in [0.5, 0.6) is 11.5 Å². The lowest BCUT2D eigenvalue weighted by Crippen LogP contribution is -2.21. The lowest BCUT2D eigenvalue weighted by molar-refractivity contribution is -0.384. The molecule has 0 saturated heterocycles. The Bertz CT molecular complexity index is 916. The number of esters is 1. The molecule has 10 nitrogen and oxygen atoms in total. The van der Waals surface area contributed by atoms with Crippen molar-refractivity contribution < 1.29 is 28.7 Å². The Morgan fingerprint density at radius 1 is 1.14 bits per heavy atom. The number of para-hydroxylation sites is 2. The molecule has 10 heteroatoms. The molecular weight excluding hydrogens is 382 g/mol. The molecule has 29 heavy (non-hydrogen) atoms. The number of hydrogen-bond acceptors (Lipinski definition) is 8. The zero-order chi connectivity index (χ0) is 20.6. The number of anilines is 2. The fourth-order valence-corrected chi connectivity index (χ4v) is 2.63. The summed E-state index contributed by atoms with van der Waals surface area (Å²) in [5.74, 6) is 0.125. The van der Waals surface area contributed by atoms with Gasteiger partial charge in [-0.25, -0.2) is 0 Å². The molecule has 152 valence electrons. The van der Waals surface area contributed by atoms with Crippen LogP contribution in [-0.2, 0) is 14.3 Å². The fraction of sp³-hybridized carbons (Fsp3) is 0.263. The van der Waals surface area contributed by atoms with Crippen LogP contribution in [0.25, 0.3) is 0 Å². The van der Waals surface area contributed by atoms with Gasteiger partial charge in [0, 0.05) is 30.8 Å². The van der Waals surface area contributed by atoms with Crippen molar-refractivity contribution in [1.82, 2.24) is 0 Å². The summed E-state index contributed by atoms with van der Waals surface area (Å²) in [6.07, 6.45) is 0.472. The van der Waals surface area contributed by atoms with E-state index >= 15 is 0 Å². The van der Waals surface area contributed by atoms with E-state index in [0.29, 0.717) is 35.8 Å². The topological polar surface area (TPSA) is 129 Å². The summed E-state index contributed by atoms with van der Waals surface area (Å²) in [6.45, 7) is 0.0744. The Morgan fingerprint density at radius 2 is 1.93 bits per heavy atom. The second-order valence-corrected chi connectivity index (χ2v) is 6.08. The van der Waals surface area contributed by atoms with Gasteiger partial charge in [0.2, 0.25) is 6.79 Å². The molecule has 0 radical (unpaired) electrons. The quantitative estimate of drug-likeness (QED) is 0.284. The van der Waals surface area contributed by atoms with E-state index in [1.54, 1.807) is 36.4 Å². The first-order valence-corrected chi connectivity index (χ1v) is 8.85. The number of amides is 1. The number of hydrogen-bond donors (Lipinski definition) is 2. The van der Waals surface area contributed by atoms with E-state index in [0.717, 1.165) is 0 Å². The number of ether oxygens (including phenoxy) is 3. The third-order valence-corrected chi connectivity index (χ3v) is 3.99. The van der Waals surface area contributed by atoms with Gasteiger partial charge in [0.25, 0.3) is 11.6 Å². The minimum Gasteiger partial charge on any atom is -0.456 e. The van der Waals surface area contributed by atoms with Gasteiger partial charge in [0.05, 0.1) is 4.92 Å². The minimum atomic E-state index is -0.532. The van der Waals surface area contributed by atoms with Gasteiger partial charge in [0.1, 0.15) is 5.69 Å². The van der Waals surface area contributed by atoms with Crippen LogP contribution >= 0.6 is 0 Å². The Labute approximate surface area is 165 Å². The number of nitrogens with one attached hydrogen (secondary N) is 2. The third kappa shape index (κ3) is 5.58. The molecule has 1 aliphatic rings. The molecule has 0 bridgehead atoms. The highest BCUT2D eigenvalue weighted by atomic mass is 16.7. The molecule has 1 aliphatic heterocycles. The van der Waals surface area contributed by atoms with E-state index in [2.05, 4.69) is 10.6 Å². The SMILES string of the molecule is O=C(COC(=O)CCCNc1ccccc1[N+](=O)[O-])Nc1ccc2c(c1)OCO2. The summed E-state index contributed by atoms with van der Waals surface area (Å²) in [5.41, 5.74) is 0.855. The van der Waals surface area contributed by atoms with Crippen LogP contribution in [0.3, 0.4) is 0 Å². The van der Waals surface area contributed by atoms with Crippen molar-refractivity contribution in [2.24, 2.45) is 0 Å². The van der Waals surface area contributed by atoms with E-state index in [4.69, 9.17) is 14.2 Å². The molecule has 0 aromatic heterocycles. The smallest absolute Gasteiger partial charge is 0.306 e. The van der Waals surface area contributed by atoms with Gasteiger partial charge in [-0.15, -0.1) is 0 Å². The van der Waals surface area contributed by atoms with Crippen molar-refractivity contribution in [3.63, 3.8) is 0 Å². The molecule has 1 heterocycles. The highest BCUT2D eigenvalue weighted by molar-refractivity contribution is 5.93. The van der Waals surface area contributed by atoms with Gasteiger partial charge in [-0.2, -0.15) is 0 Å². The standard InChI is InChI=1S/C19H19N3O7/c23-18(21-13-7-8-16-17(10-13)29-12-28-16)11-27-19(24)6-3-9-20-14-4-1-2-5-15(14)22(25)26/h1-2,4-5,7-8,10,20H,3,6,9,11-12H2,(H,21,23). The Morgan fingerprint density at radius 3 is 2.76 bits per heavy atom. The van der Waals surface area contributed by atoms with Gasteiger partial charge >= 0.3 is 5.97 Å². The van der Waals surface area contributed by atoms with Crippen LogP contribution in [0.1, 0.15) is 12.8 Å². The first kappa shape index (κ1) is 19.9. The number of nitrogens with zero attached hydrogens (tertiary/aromatic N) is 1. The molecule has 3 rings (SSSR count). The second kappa shape index (κ2) is 9.40. The van der Waals surface area contributed by atoms with Gasteiger partial charge in [0.15, 0.2) is 18.1 Å². The van der Waals surface area contributed by atoms with Crippen molar-refractivity contribution in [2.75, 3.05) is 30.6 Å². The Hall–Kier alpha value is -3.82. The largest absolute Gasteiger partial charge is 0.456 e. The number of carbonyl (C=O) groups is 2. The zero-order valence-corrected chi connectivity index (χ0v) is 15.4. The average molecular weight is 401 g/mol. The van der Waals surface area contributed by atoms with Crippen LogP contribution in [0, 0.1) is 10.1 Å². The number of nitro benzene ring substituents is 1. The third-order valence-electron chi connectivity index (χ3n) is 3.99. The van der Waals surface area contributed by atoms with Crippen LogP contribution in [0.2, 0.25) is 0 Å². The summed E-state index contributed by atoms with van der Waals surface area (Å²) in [5, 5.41) is 16.5. The van der Waals surface area contributed by atoms with Crippen LogP contribution in [0.15, 0.2) is 42.5 Å². The molecule has 0 atom stereocenters. The summed E-state index contributed by atoms with van der Waals surface area (Å²) in [6, 6.07) is 11.2. The molecule has 0 spiro atoms. The van der Waals surface area contributed by atoms with Crippen LogP contribution in [-0.4, -0.2) is 36.7 Å². The highest BCUT2D eigenvalue weighted by Gasteiger charge is 2.15. The second-order valence-electron chi connectivity index (χ2n) is 6.08. The number of fused-ring (bicyclic) bond motifs is 1.